The molecule has 1 amide bonds. The second-order valence-electron chi connectivity index (χ2n) is 5.12. The van der Waals surface area contributed by atoms with Crippen LogP contribution in [0.25, 0.3) is 0 Å². The summed E-state index contributed by atoms with van der Waals surface area (Å²) in [5.41, 5.74) is 6.75. The first kappa shape index (κ1) is 12.0. The fraction of sp³-hybridized carbons (Fsp3) is 0.667. The molecule has 5 nitrogen and oxygen atoms in total. The third-order valence-electron chi connectivity index (χ3n) is 3.62. The quantitative estimate of drug-likeness (QED) is 0.837. The van der Waals surface area contributed by atoms with Gasteiger partial charge in [-0.1, -0.05) is 13.8 Å². The number of nitrogens with zero attached hydrogens (tertiary/aromatic N) is 3. The zero-order valence-corrected chi connectivity index (χ0v) is 10.7. The van der Waals surface area contributed by atoms with E-state index in [-0.39, 0.29) is 5.91 Å². The van der Waals surface area contributed by atoms with E-state index in [1.54, 1.807) is 11.7 Å². The highest BCUT2D eigenvalue weighted by Crippen LogP contribution is 2.25. The number of amides is 1. The molecule has 2 N–H and O–H groups in total. The van der Waals surface area contributed by atoms with Crippen molar-refractivity contribution in [1.29, 1.82) is 0 Å². The second kappa shape index (κ2) is 4.39. The van der Waals surface area contributed by atoms with Crippen molar-refractivity contribution >= 4 is 11.6 Å². The average Bonchev–Trinajstić information content (AvgIpc) is 2.85. The number of rotatable bonds is 2. The molecule has 0 aromatic carbocycles. The molecule has 1 atom stereocenters. The van der Waals surface area contributed by atoms with Gasteiger partial charge in [-0.25, -0.2) is 0 Å². The van der Waals surface area contributed by atoms with E-state index in [0.717, 1.165) is 19.5 Å². The monoisotopic (exact) mass is 236 g/mol. The number of hydrogen-bond donors (Lipinski definition) is 1. The van der Waals surface area contributed by atoms with Crippen LogP contribution in [0.2, 0.25) is 0 Å². The molecule has 0 saturated carbocycles. The molecule has 1 unspecified atom stereocenters. The molecular weight excluding hydrogens is 216 g/mol. The van der Waals surface area contributed by atoms with Crippen LogP contribution in [0.15, 0.2) is 6.20 Å². The third kappa shape index (κ3) is 2.14. The Bertz CT molecular complexity index is 405. The minimum Gasteiger partial charge on any atom is -0.396 e. The molecule has 1 aliphatic heterocycles. The lowest BCUT2D eigenvalue weighted by Gasteiger charge is -2.18. The van der Waals surface area contributed by atoms with Gasteiger partial charge in [0, 0.05) is 20.1 Å². The van der Waals surface area contributed by atoms with Crippen LogP contribution in [-0.4, -0.2) is 33.7 Å². The van der Waals surface area contributed by atoms with Crippen LogP contribution >= 0.6 is 0 Å². The van der Waals surface area contributed by atoms with E-state index in [9.17, 15) is 4.79 Å². The Morgan fingerprint density at radius 3 is 2.76 bits per heavy atom. The summed E-state index contributed by atoms with van der Waals surface area (Å²) in [4.78, 5) is 14.2. The molecule has 0 spiro atoms. The lowest BCUT2D eigenvalue weighted by molar-refractivity contribution is 0.0774. The van der Waals surface area contributed by atoms with Crippen molar-refractivity contribution in [2.75, 3.05) is 18.8 Å². The first-order valence-electron chi connectivity index (χ1n) is 6.07. The largest absolute Gasteiger partial charge is 0.396 e. The summed E-state index contributed by atoms with van der Waals surface area (Å²) in [7, 11) is 1.75. The lowest BCUT2D eigenvalue weighted by Crippen LogP contribution is -2.31. The van der Waals surface area contributed by atoms with Crippen LogP contribution < -0.4 is 5.73 Å². The average molecular weight is 236 g/mol. The molecular formula is C12H20N4O. The number of likely N-dealkylation sites (tertiary alicyclic amines) is 1. The fourth-order valence-electron chi connectivity index (χ4n) is 2.38. The highest BCUT2D eigenvalue weighted by atomic mass is 16.2. The maximum absolute atomic E-state index is 12.3. The molecule has 1 aliphatic rings. The SMILES string of the molecule is CC(C)C1CCN(C(=O)c2c(N)cnn2C)C1. The van der Waals surface area contributed by atoms with Crippen LogP contribution in [0.3, 0.4) is 0 Å². The van der Waals surface area contributed by atoms with Crippen LogP contribution in [0.4, 0.5) is 5.69 Å². The van der Waals surface area contributed by atoms with Gasteiger partial charge in [-0.15, -0.1) is 0 Å². The number of carbonyl (C=O) groups excluding carboxylic acids is 1. The summed E-state index contributed by atoms with van der Waals surface area (Å²) in [6, 6.07) is 0. The topological polar surface area (TPSA) is 64.2 Å². The second-order valence-corrected chi connectivity index (χ2v) is 5.12. The van der Waals surface area contributed by atoms with Crippen molar-refractivity contribution in [1.82, 2.24) is 14.7 Å². The summed E-state index contributed by atoms with van der Waals surface area (Å²) < 4.78 is 1.56. The van der Waals surface area contributed by atoms with Gasteiger partial charge in [0.1, 0.15) is 5.69 Å². The van der Waals surface area contributed by atoms with E-state index in [1.807, 2.05) is 4.90 Å². The number of anilines is 1. The number of hydrogen-bond acceptors (Lipinski definition) is 3. The van der Waals surface area contributed by atoms with Gasteiger partial charge in [0.05, 0.1) is 11.9 Å². The van der Waals surface area contributed by atoms with E-state index in [0.29, 0.717) is 23.2 Å². The molecule has 0 bridgehead atoms. The molecule has 0 aliphatic carbocycles. The fourth-order valence-corrected chi connectivity index (χ4v) is 2.38. The molecule has 1 aromatic rings. The van der Waals surface area contributed by atoms with E-state index < -0.39 is 0 Å². The molecule has 17 heavy (non-hydrogen) atoms. The molecule has 1 saturated heterocycles. The molecule has 2 rings (SSSR count). The Morgan fingerprint density at radius 1 is 1.59 bits per heavy atom. The first-order chi connectivity index (χ1) is 8.00. The summed E-state index contributed by atoms with van der Waals surface area (Å²) in [6.07, 6.45) is 2.62. The van der Waals surface area contributed by atoms with Crippen molar-refractivity contribution in [3.8, 4) is 0 Å². The number of aromatic nitrogens is 2. The molecule has 0 radical (unpaired) electrons. The van der Waals surface area contributed by atoms with Gasteiger partial charge >= 0.3 is 0 Å². The van der Waals surface area contributed by atoms with Crippen LogP contribution in [0, 0.1) is 11.8 Å². The summed E-state index contributed by atoms with van der Waals surface area (Å²) >= 11 is 0. The van der Waals surface area contributed by atoms with Gasteiger partial charge in [-0.3, -0.25) is 9.48 Å². The Kier molecular flexibility index (Phi) is 3.09. The van der Waals surface area contributed by atoms with Gasteiger partial charge in [0.25, 0.3) is 5.91 Å². The first-order valence-corrected chi connectivity index (χ1v) is 6.07. The van der Waals surface area contributed by atoms with Gasteiger partial charge in [-0.05, 0) is 18.3 Å². The molecule has 1 aromatic heterocycles. The van der Waals surface area contributed by atoms with Crippen molar-refractivity contribution in [2.24, 2.45) is 18.9 Å². The molecule has 5 heteroatoms. The molecule has 1 fully saturated rings. The maximum Gasteiger partial charge on any atom is 0.274 e. The lowest BCUT2D eigenvalue weighted by atomic mass is 9.95. The van der Waals surface area contributed by atoms with E-state index in [2.05, 4.69) is 18.9 Å². The van der Waals surface area contributed by atoms with Crippen LogP contribution in [0.5, 0.6) is 0 Å². The van der Waals surface area contributed by atoms with E-state index in [1.165, 1.54) is 6.20 Å². The standard InChI is InChI=1S/C12H20N4O/c1-8(2)9-4-5-16(7-9)12(17)11-10(13)6-14-15(11)3/h6,8-9H,4-5,7,13H2,1-3H3. The number of aryl methyl sites for hydroxylation is 1. The molecule has 2 heterocycles. The van der Waals surface area contributed by atoms with Gasteiger partial charge in [0.2, 0.25) is 0 Å². The van der Waals surface area contributed by atoms with E-state index >= 15 is 0 Å². The van der Waals surface area contributed by atoms with Crippen molar-refractivity contribution in [3.63, 3.8) is 0 Å². The summed E-state index contributed by atoms with van der Waals surface area (Å²) in [5.74, 6) is 1.23. The predicted molar refractivity (Wildman–Crippen MR) is 66.5 cm³/mol. The van der Waals surface area contributed by atoms with E-state index in [4.69, 9.17) is 5.73 Å². The van der Waals surface area contributed by atoms with Gasteiger partial charge in [0.15, 0.2) is 0 Å². The predicted octanol–water partition coefficient (Wildman–Crippen LogP) is 1.12. The minimum absolute atomic E-state index is 0.00523. The smallest absolute Gasteiger partial charge is 0.274 e. The van der Waals surface area contributed by atoms with Crippen molar-refractivity contribution in [2.45, 2.75) is 20.3 Å². The van der Waals surface area contributed by atoms with Crippen molar-refractivity contribution < 1.29 is 4.79 Å². The van der Waals surface area contributed by atoms with Gasteiger partial charge in [-0.2, -0.15) is 5.10 Å². The Labute approximate surface area is 102 Å². The Hall–Kier alpha value is -1.52. The van der Waals surface area contributed by atoms with Crippen LogP contribution in [-0.2, 0) is 7.05 Å². The highest BCUT2D eigenvalue weighted by molar-refractivity contribution is 5.97. The number of carbonyl (C=O) groups is 1. The van der Waals surface area contributed by atoms with Gasteiger partial charge < -0.3 is 10.6 Å². The highest BCUT2D eigenvalue weighted by Gasteiger charge is 2.30. The minimum atomic E-state index is 0.00523. The Morgan fingerprint density at radius 2 is 2.29 bits per heavy atom. The van der Waals surface area contributed by atoms with Crippen LogP contribution in [0.1, 0.15) is 30.8 Å². The zero-order valence-electron chi connectivity index (χ0n) is 10.7. The zero-order chi connectivity index (χ0) is 12.6. The number of nitrogens with two attached hydrogens (primary N) is 1. The third-order valence-corrected chi connectivity index (χ3v) is 3.62. The van der Waals surface area contributed by atoms with Crippen molar-refractivity contribution in [3.05, 3.63) is 11.9 Å². The maximum atomic E-state index is 12.3. The summed E-state index contributed by atoms with van der Waals surface area (Å²) in [5, 5.41) is 4.01. The summed E-state index contributed by atoms with van der Waals surface area (Å²) in [6.45, 7) is 6.07. The normalized spacial score (nSPS) is 20.2. The Balaban J connectivity index is 2.12. The molecule has 94 valence electrons. The number of nitrogen functional groups attached to an aromatic ring is 1.